The minimum Gasteiger partial charge on any atom is -0.488 e. The molecule has 6 nitrogen and oxygen atoms in total. The second-order valence-corrected chi connectivity index (χ2v) is 13.3. The minimum atomic E-state index is -0.776. The number of ether oxygens (including phenoxy) is 1. The number of carbonyl (C=O) groups excluding carboxylic acids is 2. The van der Waals surface area contributed by atoms with E-state index >= 15 is 0 Å². The predicted octanol–water partition coefficient (Wildman–Crippen LogP) is 6.64. The molecule has 6 heteroatoms. The third kappa shape index (κ3) is 4.07. The van der Waals surface area contributed by atoms with Crippen LogP contribution in [0.3, 0.4) is 0 Å². The highest BCUT2D eigenvalue weighted by Gasteiger charge is 2.51. The number of hydrogen-bond acceptors (Lipinski definition) is 4. The molecule has 2 aliphatic heterocycles. The van der Waals surface area contributed by atoms with Crippen LogP contribution in [0.25, 0.3) is 5.57 Å². The number of rotatable bonds is 5. The molecule has 37 heavy (non-hydrogen) atoms. The number of allylic oxidation sites excluding steroid dienone is 2. The number of hydrogen-bond donors (Lipinski definition) is 1. The number of fused-ring (bicyclic) bond motifs is 4. The highest BCUT2D eigenvalue weighted by molar-refractivity contribution is 6.27. The summed E-state index contributed by atoms with van der Waals surface area (Å²) in [7, 11) is 0. The maximum Gasteiger partial charge on any atom is 0.269 e. The van der Waals surface area contributed by atoms with Gasteiger partial charge in [-0.3, -0.25) is 19.7 Å². The Labute approximate surface area is 219 Å². The SMILES string of the molecule is CC1(C)C=C2C(=[N+](O)c3cc(OC(C)(C)CC(C)(C)N4C(=O)c5ccccc5C4=O)ccc32)C(C)(C)C1. The van der Waals surface area contributed by atoms with Crippen molar-refractivity contribution in [2.75, 3.05) is 0 Å². The van der Waals surface area contributed by atoms with Gasteiger partial charge in [0.25, 0.3) is 17.5 Å². The lowest BCUT2D eigenvalue weighted by Crippen LogP contribution is -2.52. The molecule has 0 radical (unpaired) electrons. The standard InChI is InChI=1S/C31H37N2O4/c1-28(2)16-23-20-14-13-19(15-24(20)33(36)25(23)29(3,4)17-28)37-31(7,8)18-30(5,6)32-26(34)21-11-9-10-12-22(21)27(32)35/h9-16,36H,17-18H2,1-8H3/q+1. The fourth-order valence-corrected chi connectivity index (χ4v) is 7.02. The van der Waals surface area contributed by atoms with Gasteiger partial charge in [0.1, 0.15) is 11.4 Å². The van der Waals surface area contributed by atoms with Crippen molar-refractivity contribution in [1.82, 2.24) is 4.90 Å². The van der Waals surface area contributed by atoms with E-state index in [-0.39, 0.29) is 22.6 Å². The van der Waals surface area contributed by atoms with Crippen LogP contribution >= 0.6 is 0 Å². The van der Waals surface area contributed by atoms with Crippen molar-refractivity contribution in [2.24, 2.45) is 10.8 Å². The lowest BCUT2D eigenvalue weighted by molar-refractivity contribution is -0.712. The van der Waals surface area contributed by atoms with Crippen molar-refractivity contribution in [3.05, 3.63) is 65.2 Å². The largest absolute Gasteiger partial charge is 0.488 e. The van der Waals surface area contributed by atoms with E-state index in [0.29, 0.717) is 29.0 Å². The van der Waals surface area contributed by atoms with Gasteiger partial charge >= 0.3 is 0 Å². The fraction of sp³-hybridized carbons (Fsp3) is 0.452. The molecule has 0 fully saturated rings. The van der Waals surface area contributed by atoms with Crippen LogP contribution in [0.5, 0.6) is 5.75 Å². The van der Waals surface area contributed by atoms with Crippen LogP contribution in [-0.4, -0.2) is 43.5 Å². The molecule has 2 amide bonds. The summed E-state index contributed by atoms with van der Waals surface area (Å²) in [6.45, 7) is 16.5. The van der Waals surface area contributed by atoms with Gasteiger partial charge in [-0.25, -0.2) is 0 Å². The quantitative estimate of drug-likeness (QED) is 0.283. The second kappa shape index (κ2) is 7.80. The molecule has 2 aromatic rings. The topological polar surface area (TPSA) is 69.8 Å². The summed E-state index contributed by atoms with van der Waals surface area (Å²) in [6, 6.07) is 12.8. The van der Waals surface area contributed by atoms with Crippen LogP contribution in [0, 0.1) is 10.8 Å². The second-order valence-electron chi connectivity index (χ2n) is 13.3. The highest BCUT2D eigenvalue weighted by Crippen LogP contribution is 2.51. The third-order valence-electron chi connectivity index (χ3n) is 7.68. The zero-order valence-electron chi connectivity index (χ0n) is 23.1. The molecule has 3 aliphatic rings. The summed E-state index contributed by atoms with van der Waals surface area (Å²) >= 11 is 0. The van der Waals surface area contributed by atoms with Crippen molar-refractivity contribution in [3.8, 4) is 5.75 Å². The van der Waals surface area contributed by atoms with E-state index in [1.165, 1.54) is 9.64 Å². The van der Waals surface area contributed by atoms with Crippen LogP contribution in [0.4, 0.5) is 5.69 Å². The van der Waals surface area contributed by atoms with Crippen LogP contribution in [0.2, 0.25) is 0 Å². The number of nitrogens with zero attached hydrogens (tertiary/aromatic N) is 2. The third-order valence-corrected chi connectivity index (χ3v) is 7.68. The predicted molar refractivity (Wildman–Crippen MR) is 144 cm³/mol. The first-order chi connectivity index (χ1) is 17.0. The summed E-state index contributed by atoms with van der Waals surface area (Å²) < 4.78 is 7.77. The first kappa shape index (κ1) is 25.2. The van der Waals surface area contributed by atoms with Gasteiger partial charge in [0.2, 0.25) is 5.71 Å². The maximum absolute atomic E-state index is 13.1. The van der Waals surface area contributed by atoms with Gasteiger partial charge in [-0.2, -0.15) is 0 Å². The Bertz CT molecular complexity index is 1370. The Kier molecular flexibility index (Phi) is 5.32. The lowest BCUT2D eigenvalue weighted by Gasteiger charge is -2.40. The number of carbonyl (C=O) groups is 2. The molecule has 5 rings (SSSR count). The van der Waals surface area contributed by atoms with Crippen LogP contribution in [-0.2, 0) is 0 Å². The zero-order chi connectivity index (χ0) is 27.1. The molecule has 194 valence electrons. The van der Waals surface area contributed by atoms with Gasteiger partial charge in [-0.15, -0.1) is 0 Å². The van der Waals surface area contributed by atoms with Crippen LogP contribution in [0.1, 0.15) is 94.5 Å². The van der Waals surface area contributed by atoms with Crippen molar-refractivity contribution < 1.29 is 24.3 Å². The molecule has 2 aromatic carbocycles. The van der Waals surface area contributed by atoms with Crippen molar-refractivity contribution >= 4 is 28.8 Å². The van der Waals surface area contributed by atoms with E-state index in [9.17, 15) is 14.8 Å². The summed E-state index contributed by atoms with van der Waals surface area (Å²) in [4.78, 5) is 27.6. The van der Waals surface area contributed by atoms with E-state index in [1.807, 2.05) is 45.9 Å². The molecule has 1 aliphatic carbocycles. The van der Waals surface area contributed by atoms with Crippen molar-refractivity contribution in [3.63, 3.8) is 0 Å². The van der Waals surface area contributed by atoms with Gasteiger partial charge in [0, 0.05) is 16.7 Å². The van der Waals surface area contributed by atoms with Crippen LogP contribution < -0.4 is 4.74 Å². The molecule has 0 bridgehead atoms. The minimum absolute atomic E-state index is 0.0254. The average molecular weight is 502 g/mol. The molecule has 0 spiro atoms. The van der Waals surface area contributed by atoms with Gasteiger partial charge in [-0.05, 0) is 77.6 Å². The number of amides is 2. The Balaban J connectivity index is 1.41. The lowest BCUT2D eigenvalue weighted by atomic mass is 9.65. The monoisotopic (exact) mass is 501 g/mol. The van der Waals surface area contributed by atoms with E-state index in [0.717, 1.165) is 23.3 Å². The Hall–Kier alpha value is -3.41. The maximum atomic E-state index is 13.1. The summed E-state index contributed by atoms with van der Waals surface area (Å²) in [5.41, 5.74) is 2.96. The summed E-state index contributed by atoms with van der Waals surface area (Å²) in [5.74, 6) is 0.0828. The molecular formula is C31H37N2O4+. The van der Waals surface area contributed by atoms with Gasteiger partial charge in [0.05, 0.1) is 33.7 Å². The molecular weight excluding hydrogens is 464 g/mol. The van der Waals surface area contributed by atoms with Crippen molar-refractivity contribution in [2.45, 2.75) is 79.4 Å². The van der Waals surface area contributed by atoms with Crippen LogP contribution in [0.15, 0.2) is 48.5 Å². The number of imide groups is 1. The molecule has 0 saturated heterocycles. The van der Waals surface area contributed by atoms with E-state index < -0.39 is 11.1 Å². The first-order valence-corrected chi connectivity index (χ1v) is 12.9. The van der Waals surface area contributed by atoms with E-state index in [1.54, 1.807) is 24.3 Å². The van der Waals surface area contributed by atoms with Gasteiger partial charge in [0.15, 0.2) is 0 Å². The molecule has 2 heterocycles. The Morgan fingerprint density at radius 3 is 2.14 bits per heavy atom. The summed E-state index contributed by atoms with van der Waals surface area (Å²) in [6.07, 6.45) is 3.63. The first-order valence-electron chi connectivity index (χ1n) is 12.9. The van der Waals surface area contributed by atoms with E-state index in [2.05, 4.69) is 33.8 Å². The van der Waals surface area contributed by atoms with E-state index in [4.69, 9.17) is 4.74 Å². The smallest absolute Gasteiger partial charge is 0.269 e. The molecule has 1 N–H and O–H groups in total. The molecule has 0 aromatic heterocycles. The normalized spacial score (nSPS) is 20.0. The molecule has 0 unspecified atom stereocenters. The fourth-order valence-electron chi connectivity index (χ4n) is 7.02. The highest BCUT2D eigenvalue weighted by atomic mass is 16.5. The van der Waals surface area contributed by atoms with Gasteiger partial charge in [-0.1, -0.05) is 32.1 Å². The Morgan fingerprint density at radius 1 is 0.946 bits per heavy atom. The van der Waals surface area contributed by atoms with Crippen molar-refractivity contribution in [1.29, 1.82) is 0 Å². The number of benzene rings is 2. The molecule has 0 saturated carbocycles. The zero-order valence-corrected chi connectivity index (χ0v) is 23.1. The molecule has 0 atom stereocenters. The Morgan fingerprint density at radius 2 is 1.54 bits per heavy atom. The average Bonchev–Trinajstić information content (AvgIpc) is 3.17. The van der Waals surface area contributed by atoms with Gasteiger partial charge < -0.3 is 4.74 Å². The summed E-state index contributed by atoms with van der Waals surface area (Å²) in [5, 5.41) is 11.2.